The van der Waals surface area contributed by atoms with Gasteiger partial charge in [0.2, 0.25) is 0 Å². The summed E-state index contributed by atoms with van der Waals surface area (Å²) in [7, 11) is 5.00. The normalized spacial score (nSPS) is 11.4. The molecule has 5 nitrogen and oxygen atoms in total. The quantitative estimate of drug-likeness (QED) is 0.141. The van der Waals surface area contributed by atoms with E-state index in [1.165, 1.54) is 0 Å². The summed E-state index contributed by atoms with van der Waals surface area (Å²) in [6, 6.07) is 19.5. The molecule has 3 aromatic carbocycles. The van der Waals surface area contributed by atoms with E-state index < -0.39 is 0 Å². The molecule has 0 bridgehead atoms. The minimum Gasteiger partial charge on any atom is -0.551 e. The molecule has 0 saturated carbocycles. The maximum absolute atomic E-state index is 5.89. The molecule has 0 aromatic heterocycles. The maximum atomic E-state index is 5.89. The van der Waals surface area contributed by atoms with Crippen LogP contribution in [0.2, 0.25) is 0 Å². The summed E-state index contributed by atoms with van der Waals surface area (Å²) >= 11 is 0. The van der Waals surface area contributed by atoms with E-state index in [1.807, 2.05) is 37.3 Å². The first kappa shape index (κ1) is 34.2. The Morgan fingerprint density at radius 3 is 1.74 bits per heavy atom. The standard InChI is InChI=1S/C32H38NO4.CH3.U/c1-7-19-33-32-30(35-5)21-27(22-31(32)36-6)16-14-25-11-9-24(10-12-25)13-15-26-17-18-28(29(20-26)34-4)37-23(3)8-2;;/h9-17,20-23,33H,7-8,19H2,1-6H3;1H3;/q2*-1;+2/b15-13+,16-14+;;. The van der Waals surface area contributed by atoms with Crippen LogP contribution in [-0.2, 0) is 0 Å². The molecule has 0 spiro atoms. The molecule has 0 radical (unpaired) electrons. The third-order valence-electron chi connectivity index (χ3n) is 5.96. The monoisotopic (exact) mass is 753 g/mol. The van der Waals surface area contributed by atoms with Crippen molar-refractivity contribution in [3.63, 3.8) is 0 Å². The molecule has 39 heavy (non-hydrogen) atoms. The summed E-state index contributed by atoms with van der Waals surface area (Å²) in [5.41, 5.74) is 5.09. The number of methoxy groups -OCH3 is 3. The largest absolute Gasteiger partial charge is 2.00 e. The van der Waals surface area contributed by atoms with Gasteiger partial charge in [0.05, 0.1) is 27.4 Å². The van der Waals surface area contributed by atoms with Gasteiger partial charge in [-0.25, -0.2) is 0 Å². The van der Waals surface area contributed by atoms with Crippen molar-refractivity contribution in [2.45, 2.75) is 39.7 Å². The molecule has 6 heteroatoms. The summed E-state index contributed by atoms with van der Waals surface area (Å²) in [6.07, 6.45) is 10.3. The molecule has 0 amide bonds. The Balaban J connectivity index is 0.00000380. The fraction of sp³-hybridized carbons (Fsp3) is 0.303. The van der Waals surface area contributed by atoms with Crippen LogP contribution in [0.25, 0.3) is 24.3 Å². The Labute approximate surface area is 259 Å². The number of hydrogen-bond donors (Lipinski definition) is 1. The van der Waals surface area contributed by atoms with Gasteiger partial charge in [0.15, 0.2) is 0 Å². The molecular formula is C33H41NO4U. The summed E-state index contributed by atoms with van der Waals surface area (Å²) in [5.74, 6) is 2.86. The molecule has 206 valence electrons. The van der Waals surface area contributed by atoms with Gasteiger partial charge in [0, 0.05) is 18.0 Å². The van der Waals surface area contributed by atoms with Gasteiger partial charge in [-0.3, -0.25) is 0 Å². The Morgan fingerprint density at radius 2 is 1.26 bits per heavy atom. The fourth-order valence-electron chi connectivity index (χ4n) is 3.66. The maximum Gasteiger partial charge on any atom is 2.00 e. The van der Waals surface area contributed by atoms with Crippen LogP contribution in [0.3, 0.4) is 0 Å². The second-order valence-corrected chi connectivity index (χ2v) is 8.73. The van der Waals surface area contributed by atoms with Gasteiger partial charge in [-0.2, -0.15) is 6.07 Å². The second-order valence-electron chi connectivity index (χ2n) is 8.73. The zero-order valence-electron chi connectivity index (χ0n) is 24.3. The van der Waals surface area contributed by atoms with Crippen molar-refractivity contribution in [1.29, 1.82) is 0 Å². The summed E-state index contributed by atoms with van der Waals surface area (Å²) in [4.78, 5) is 0. The van der Waals surface area contributed by atoms with Gasteiger partial charge in [0.1, 0.15) is 17.2 Å². The van der Waals surface area contributed by atoms with Gasteiger partial charge < -0.3 is 31.7 Å². The molecule has 3 rings (SSSR count). The predicted octanol–water partition coefficient (Wildman–Crippen LogP) is 8.30. The molecule has 3 aromatic rings. The van der Waals surface area contributed by atoms with Gasteiger partial charge >= 0.3 is 31.1 Å². The van der Waals surface area contributed by atoms with E-state index in [9.17, 15) is 0 Å². The average molecular weight is 754 g/mol. The van der Waals surface area contributed by atoms with Crippen molar-refractivity contribution in [3.05, 3.63) is 84.3 Å². The smallest absolute Gasteiger partial charge is 0.551 e. The number of rotatable bonds is 13. The minimum absolute atomic E-state index is 0. The number of benzene rings is 3. The van der Waals surface area contributed by atoms with Crippen molar-refractivity contribution in [2.75, 3.05) is 33.2 Å². The summed E-state index contributed by atoms with van der Waals surface area (Å²) in [6.45, 7) is 7.11. The zero-order chi connectivity index (χ0) is 26.6. The summed E-state index contributed by atoms with van der Waals surface area (Å²) < 4.78 is 22.6. The molecule has 1 atom stereocenters. The van der Waals surface area contributed by atoms with E-state index in [0.29, 0.717) is 11.5 Å². The van der Waals surface area contributed by atoms with Crippen LogP contribution in [0.1, 0.15) is 55.9 Å². The second kappa shape index (κ2) is 17.7. The Hall–Kier alpha value is -2.81. The number of nitrogens with one attached hydrogen (secondary N) is 1. The van der Waals surface area contributed by atoms with Crippen molar-refractivity contribution >= 4 is 30.0 Å². The van der Waals surface area contributed by atoms with Gasteiger partial charge in [0.25, 0.3) is 0 Å². The average Bonchev–Trinajstić information content (AvgIpc) is 2.94. The molecule has 0 aliphatic rings. The Kier molecular flexibility index (Phi) is 15.5. The Bertz CT molecular complexity index is 1180. The molecule has 1 N–H and O–H groups in total. The molecular weight excluding hydrogens is 712 g/mol. The number of anilines is 1. The van der Waals surface area contributed by atoms with E-state index in [2.05, 4.69) is 67.7 Å². The fourth-order valence-corrected chi connectivity index (χ4v) is 3.66. The van der Waals surface area contributed by atoms with E-state index in [1.54, 1.807) is 21.3 Å². The van der Waals surface area contributed by atoms with E-state index in [-0.39, 0.29) is 44.6 Å². The predicted molar refractivity (Wildman–Crippen MR) is 161 cm³/mol. The van der Waals surface area contributed by atoms with Crippen molar-refractivity contribution in [1.82, 2.24) is 0 Å². The van der Waals surface area contributed by atoms with Gasteiger partial charge in [-0.1, -0.05) is 56.3 Å². The van der Waals surface area contributed by atoms with Crippen LogP contribution in [0.4, 0.5) is 5.69 Å². The number of ether oxygens (including phenoxy) is 4. The van der Waals surface area contributed by atoms with Gasteiger partial charge in [-0.05, 0) is 48.6 Å². The van der Waals surface area contributed by atoms with E-state index in [4.69, 9.17) is 18.9 Å². The van der Waals surface area contributed by atoms with Crippen LogP contribution in [-0.4, -0.2) is 34.0 Å². The molecule has 0 aliphatic heterocycles. The molecule has 0 fully saturated rings. The first-order chi connectivity index (χ1) is 18.0. The minimum atomic E-state index is 0. The first-order valence-corrected chi connectivity index (χ1v) is 12.7. The Morgan fingerprint density at radius 1 is 0.769 bits per heavy atom. The third kappa shape index (κ3) is 10.0. The topological polar surface area (TPSA) is 49.0 Å². The SMILES string of the molecule is CCCNc1c(OC)cc(/C=C/c2ccc(/C=C/c3c[c-]c(OC(C)CC)c(OC)c3)cc2)cc1OC.[CH3-].[U+2]. The molecule has 0 aliphatic carbocycles. The van der Waals surface area contributed by atoms with Crippen molar-refractivity contribution in [3.8, 4) is 23.0 Å². The first-order valence-electron chi connectivity index (χ1n) is 12.7. The summed E-state index contributed by atoms with van der Waals surface area (Å²) in [5, 5.41) is 3.39. The third-order valence-corrected chi connectivity index (χ3v) is 5.96. The van der Waals surface area contributed by atoms with Crippen molar-refractivity contribution < 1.29 is 50.1 Å². The van der Waals surface area contributed by atoms with Crippen molar-refractivity contribution in [2.24, 2.45) is 0 Å². The molecule has 0 heterocycles. The van der Waals surface area contributed by atoms with Crippen LogP contribution in [0, 0.1) is 44.6 Å². The zero-order valence-corrected chi connectivity index (χ0v) is 28.4. The van der Waals surface area contributed by atoms with Crippen LogP contribution in [0.15, 0.2) is 48.5 Å². The van der Waals surface area contributed by atoms with E-state index in [0.717, 1.165) is 58.8 Å². The number of hydrogen-bond acceptors (Lipinski definition) is 5. The van der Waals surface area contributed by atoms with Crippen LogP contribution >= 0.6 is 0 Å². The van der Waals surface area contributed by atoms with Crippen LogP contribution < -0.4 is 24.3 Å². The van der Waals surface area contributed by atoms with E-state index >= 15 is 0 Å². The molecule has 1 unspecified atom stereocenters. The molecule has 0 saturated heterocycles. The van der Waals surface area contributed by atoms with Crippen LogP contribution in [0.5, 0.6) is 23.0 Å². The van der Waals surface area contributed by atoms with Gasteiger partial charge in [-0.15, -0.1) is 23.8 Å².